The minimum absolute atomic E-state index is 0.364. The third-order valence-corrected chi connectivity index (χ3v) is 2.04. The van der Waals surface area contributed by atoms with Crippen LogP contribution in [0.2, 0.25) is 0 Å². The molecule has 0 fully saturated rings. The van der Waals surface area contributed by atoms with E-state index in [0.717, 1.165) is 0 Å². The first kappa shape index (κ1) is 11.1. The molecule has 0 amide bonds. The fourth-order valence-electron chi connectivity index (χ4n) is 0.541. The van der Waals surface area contributed by atoms with Gasteiger partial charge in [0, 0.05) is 0 Å². The van der Waals surface area contributed by atoms with Gasteiger partial charge in [0.2, 0.25) is 0 Å². The Labute approximate surface area is 67.1 Å². The average molecular weight is 181 g/mol. The van der Waals surface area contributed by atoms with Crippen molar-refractivity contribution in [3.63, 3.8) is 0 Å². The molecule has 0 aliphatic heterocycles. The van der Waals surface area contributed by atoms with E-state index in [1.54, 1.807) is 27.7 Å². The molecule has 0 rings (SSSR count). The van der Waals surface area contributed by atoms with Crippen molar-refractivity contribution in [2.24, 2.45) is 0 Å². The average Bonchev–Trinajstić information content (AvgIpc) is 1.53. The van der Waals surface area contributed by atoms with Crippen LogP contribution in [-0.4, -0.2) is 12.2 Å². The van der Waals surface area contributed by atoms with Crippen LogP contribution in [0.4, 0.5) is 0 Å². The fourth-order valence-corrected chi connectivity index (χ4v) is 1.62. The first-order valence-corrected chi connectivity index (χ1v) is 4.97. The van der Waals surface area contributed by atoms with Gasteiger partial charge in [-0.15, -0.1) is 4.89 Å². The van der Waals surface area contributed by atoms with Crippen LogP contribution in [0.25, 0.3) is 0 Å². The molecular formula is C6H14O4P. The quantitative estimate of drug-likeness (QED) is 0.625. The van der Waals surface area contributed by atoms with Crippen LogP contribution in [-0.2, 0) is 18.5 Å². The van der Waals surface area contributed by atoms with E-state index >= 15 is 0 Å². The molecule has 67 valence electrons. The van der Waals surface area contributed by atoms with Crippen molar-refractivity contribution in [2.45, 2.75) is 39.9 Å². The molecule has 0 aromatic heterocycles. The van der Waals surface area contributed by atoms with Gasteiger partial charge in [-0.05, 0) is 27.7 Å². The molecule has 11 heavy (non-hydrogen) atoms. The van der Waals surface area contributed by atoms with Gasteiger partial charge in [-0.25, -0.2) is 4.57 Å². The second-order valence-corrected chi connectivity index (χ2v) is 4.07. The molecule has 0 bridgehead atoms. The molecule has 0 unspecified atom stereocenters. The van der Waals surface area contributed by atoms with E-state index in [0.29, 0.717) is 0 Å². The maximum atomic E-state index is 10.8. The van der Waals surface area contributed by atoms with Gasteiger partial charge in [-0.3, -0.25) is 9.05 Å². The third kappa shape index (κ3) is 6.51. The van der Waals surface area contributed by atoms with E-state index in [9.17, 15) is 9.46 Å². The summed E-state index contributed by atoms with van der Waals surface area (Å²) < 4.78 is 19.9. The first-order chi connectivity index (χ1) is 4.83. The predicted octanol–water partition coefficient (Wildman–Crippen LogP) is 2.38. The molecular weight excluding hydrogens is 167 g/mol. The summed E-state index contributed by atoms with van der Waals surface area (Å²) in [6.45, 7) is 6.53. The first-order valence-electron chi connectivity index (χ1n) is 3.51. The number of rotatable bonds is 4. The molecule has 0 aliphatic rings. The summed E-state index contributed by atoms with van der Waals surface area (Å²) in [6, 6.07) is 0. The minimum Gasteiger partial charge on any atom is -0.283 e. The maximum absolute atomic E-state index is 10.8. The lowest BCUT2D eigenvalue weighted by molar-refractivity contribution is 0.0820. The van der Waals surface area contributed by atoms with Crippen LogP contribution in [0.1, 0.15) is 27.7 Å². The van der Waals surface area contributed by atoms with Gasteiger partial charge in [-0.1, -0.05) is 0 Å². The maximum Gasteiger partial charge on any atom is 0.503 e. The van der Waals surface area contributed by atoms with Crippen LogP contribution in [0.15, 0.2) is 0 Å². The molecule has 4 nitrogen and oxygen atoms in total. The van der Waals surface area contributed by atoms with Gasteiger partial charge < -0.3 is 0 Å². The molecule has 0 N–H and O–H groups in total. The molecule has 0 aliphatic carbocycles. The van der Waals surface area contributed by atoms with Crippen molar-refractivity contribution in [3.8, 4) is 0 Å². The van der Waals surface area contributed by atoms with Crippen molar-refractivity contribution in [1.29, 1.82) is 0 Å². The molecule has 0 aromatic rings. The largest absolute Gasteiger partial charge is 0.503 e. The zero-order valence-electron chi connectivity index (χ0n) is 7.23. The SMILES string of the molecule is CC(C)OP([O])(=O)OC(C)C. The van der Waals surface area contributed by atoms with Gasteiger partial charge >= 0.3 is 7.82 Å². The molecule has 0 atom stereocenters. The van der Waals surface area contributed by atoms with Gasteiger partial charge in [0.1, 0.15) is 0 Å². The molecule has 0 aromatic carbocycles. The molecule has 0 saturated heterocycles. The van der Waals surface area contributed by atoms with Gasteiger partial charge in [0.25, 0.3) is 0 Å². The summed E-state index contributed by atoms with van der Waals surface area (Å²) in [7, 11) is -4.05. The zero-order valence-corrected chi connectivity index (χ0v) is 8.13. The number of hydrogen-bond donors (Lipinski definition) is 0. The molecule has 0 heterocycles. The Morgan fingerprint density at radius 3 is 1.45 bits per heavy atom. The highest BCUT2D eigenvalue weighted by molar-refractivity contribution is 7.47. The normalized spacial score (nSPS) is 13.0. The lowest BCUT2D eigenvalue weighted by Gasteiger charge is -2.14. The Morgan fingerprint density at radius 2 is 1.27 bits per heavy atom. The Kier molecular flexibility index (Phi) is 4.26. The minimum atomic E-state index is -4.05. The Bertz CT molecular complexity index is 141. The van der Waals surface area contributed by atoms with E-state index in [2.05, 4.69) is 9.05 Å². The van der Waals surface area contributed by atoms with Gasteiger partial charge in [0.15, 0.2) is 0 Å². The highest BCUT2D eigenvalue weighted by atomic mass is 31.2. The predicted molar refractivity (Wildman–Crippen MR) is 40.7 cm³/mol. The third-order valence-electron chi connectivity index (χ3n) is 0.680. The van der Waals surface area contributed by atoms with E-state index in [1.807, 2.05) is 0 Å². The van der Waals surface area contributed by atoms with E-state index in [-0.39, 0.29) is 12.2 Å². The summed E-state index contributed by atoms with van der Waals surface area (Å²) in [5.41, 5.74) is 0. The van der Waals surface area contributed by atoms with Crippen molar-refractivity contribution in [3.05, 3.63) is 0 Å². The summed E-state index contributed by atoms with van der Waals surface area (Å²) in [5.74, 6) is 0. The summed E-state index contributed by atoms with van der Waals surface area (Å²) in [4.78, 5) is 10.8. The van der Waals surface area contributed by atoms with Gasteiger partial charge in [0.05, 0.1) is 12.2 Å². The molecule has 1 radical (unpaired) electrons. The Morgan fingerprint density at radius 1 is 1.00 bits per heavy atom. The molecule has 0 spiro atoms. The lowest BCUT2D eigenvalue weighted by atomic mass is 10.5. The summed E-state index contributed by atoms with van der Waals surface area (Å²) >= 11 is 0. The fraction of sp³-hybridized carbons (Fsp3) is 1.00. The van der Waals surface area contributed by atoms with Crippen LogP contribution >= 0.6 is 7.82 Å². The van der Waals surface area contributed by atoms with Crippen LogP contribution in [0.3, 0.4) is 0 Å². The van der Waals surface area contributed by atoms with Crippen LogP contribution < -0.4 is 0 Å². The Balaban J connectivity index is 3.91. The second-order valence-electron chi connectivity index (χ2n) is 2.76. The second kappa shape index (κ2) is 4.21. The summed E-state index contributed by atoms with van der Waals surface area (Å²) in [6.07, 6.45) is -0.728. The van der Waals surface area contributed by atoms with Crippen LogP contribution in [0.5, 0.6) is 0 Å². The van der Waals surface area contributed by atoms with Crippen LogP contribution in [0, 0.1) is 0 Å². The van der Waals surface area contributed by atoms with Crippen molar-refractivity contribution < 1.29 is 18.5 Å². The van der Waals surface area contributed by atoms with Crippen molar-refractivity contribution in [1.82, 2.24) is 0 Å². The van der Waals surface area contributed by atoms with E-state index in [4.69, 9.17) is 0 Å². The van der Waals surface area contributed by atoms with Crippen molar-refractivity contribution in [2.75, 3.05) is 0 Å². The monoisotopic (exact) mass is 181 g/mol. The highest BCUT2D eigenvalue weighted by Gasteiger charge is 2.26. The number of hydrogen-bond acceptors (Lipinski definition) is 3. The zero-order chi connectivity index (χ0) is 9.07. The summed E-state index contributed by atoms with van der Waals surface area (Å²) in [5, 5.41) is 0. The standard InChI is InChI=1S/C6H14O4P/c1-5(2)9-11(7,8)10-6(3)4/h5-6H,1-4H3. The Hall–Kier alpha value is 0.110. The molecule has 0 saturated carbocycles. The van der Waals surface area contributed by atoms with Crippen molar-refractivity contribution >= 4 is 7.82 Å². The highest BCUT2D eigenvalue weighted by Crippen LogP contribution is 2.46. The van der Waals surface area contributed by atoms with Gasteiger partial charge in [-0.2, -0.15) is 0 Å². The topological polar surface area (TPSA) is 55.4 Å². The molecule has 5 heteroatoms. The van der Waals surface area contributed by atoms with E-state index < -0.39 is 7.82 Å². The lowest BCUT2D eigenvalue weighted by Crippen LogP contribution is -2.06. The smallest absolute Gasteiger partial charge is 0.283 e. The van der Waals surface area contributed by atoms with E-state index in [1.165, 1.54) is 0 Å².